The second-order valence-electron chi connectivity index (χ2n) is 9.09. The molecule has 3 heterocycles. The van der Waals surface area contributed by atoms with Gasteiger partial charge in [0.15, 0.2) is 0 Å². The van der Waals surface area contributed by atoms with E-state index in [1.165, 1.54) is 29.2 Å². The Kier molecular flexibility index (Phi) is 5.19. The van der Waals surface area contributed by atoms with E-state index in [0.29, 0.717) is 0 Å². The molecule has 0 aliphatic carbocycles. The predicted octanol–water partition coefficient (Wildman–Crippen LogP) is 5.19. The third-order valence-corrected chi connectivity index (χ3v) is 6.45. The Morgan fingerprint density at radius 1 is 1.09 bits per heavy atom. The zero-order chi connectivity index (χ0) is 23.5. The highest BCUT2D eigenvalue weighted by Gasteiger charge is 2.52. The summed E-state index contributed by atoms with van der Waals surface area (Å²) < 4.78 is 37.8. The van der Waals surface area contributed by atoms with Crippen molar-refractivity contribution in [3.05, 3.63) is 47.7 Å². The monoisotopic (exact) mass is 464 g/mol. The van der Waals surface area contributed by atoms with E-state index in [2.05, 4.69) is 24.1 Å². The van der Waals surface area contributed by atoms with Crippen LogP contribution in [-0.4, -0.2) is 38.4 Å². The summed E-state index contributed by atoms with van der Waals surface area (Å²) in [5.41, 5.74) is -3.53. The van der Waals surface area contributed by atoms with Crippen LogP contribution in [-0.2, 0) is 17.8 Å². The van der Waals surface area contributed by atoms with E-state index in [1.54, 1.807) is 20.0 Å². The van der Waals surface area contributed by atoms with Gasteiger partial charge in [-0.05, 0) is 81.8 Å². The molecule has 170 valence electrons. The SMILES string of the molecule is CC1(C)Cc2c(CN3C(=O)N(c4ccc(SC(F)(F)F)cc4)C(=O)C3(C)C)ccnc2N1. The van der Waals surface area contributed by atoms with Crippen molar-refractivity contribution in [2.75, 3.05) is 10.2 Å². The molecule has 32 heavy (non-hydrogen) atoms. The Morgan fingerprint density at radius 2 is 1.75 bits per heavy atom. The smallest absolute Gasteiger partial charge is 0.365 e. The van der Waals surface area contributed by atoms with E-state index < -0.39 is 23.0 Å². The fourth-order valence-corrected chi connectivity index (χ4v) is 4.63. The van der Waals surface area contributed by atoms with Crippen molar-refractivity contribution in [3.8, 4) is 0 Å². The summed E-state index contributed by atoms with van der Waals surface area (Å²) in [7, 11) is 0. The molecular formula is C22H23F3N4O2S. The van der Waals surface area contributed by atoms with Gasteiger partial charge in [-0.3, -0.25) is 4.79 Å². The quantitative estimate of drug-likeness (QED) is 0.499. The van der Waals surface area contributed by atoms with Gasteiger partial charge in [0.1, 0.15) is 11.4 Å². The number of rotatable bonds is 4. The Morgan fingerprint density at radius 3 is 2.38 bits per heavy atom. The summed E-state index contributed by atoms with van der Waals surface area (Å²) in [5, 5.41) is 3.36. The van der Waals surface area contributed by atoms with Gasteiger partial charge in [0.05, 0.1) is 5.69 Å². The zero-order valence-electron chi connectivity index (χ0n) is 18.1. The summed E-state index contributed by atoms with van der Waals surface area (Å²) in [5.74, 6) is 0.348. The van der Waals surface area contributed by atoms with Crippen LogP contribution in [0.3, 0.4) is 0 Å². The molecule has 1 aromatic heterocycles. The minimum absolute atomic E-state index is 0.0149. The number of benzene rings is 1. The van der Waals surface area contributed by atoms with E-state index >= 15 is 0 Å². The molecule has 0 saturated carbocycles. The summed E-state index contributed by atoms with van der Waals surface area (Å²) in [6.07, 6.45) is 2.41. The van der Waals surface area contributed by atoms with Crippen molar-refractivity contribution in [1.29, 1.82) is 0 Å². The van der Waals surface area contributed by atoms with Crippen LogP contribution < -0.4 is 10.2 Å². The number of imide groups is 1. The molecule has 1 fully saturated rings. The first kappa shape index (κ1) is 22.4. The Balaban J connectivity index is 1.61. The predicted molar refractivity (Wildman–Crippen MR) is 117 cm³/mol. The van der Waals surface area contributed by atoms with E-state index in [0.717, 1.165) is 28.3 Å². The molecular weight excluding hydrogens is 441 g/mol. The Labute approximate surface area is 188 Å². The number of hydrogen-bond donors (Lipinski definition) is 1. The Bertz CT molecular complexity index is 1080. The van der Waals surface area contributed by atoms with Gasteiger partial charge in [-0.1, -0.05) is 0 Å². The van der Waals surface area contributed by atoms with Gasteiger partial charge in [0, 0.05) is 28.7 Å². The van der Waals surface area contributed by atoms with Crippen LogP contribution in [0.5, 0.6) is 0 Å². The molecule has 0 unspecified atom stereocenters. The van der Waals surface area contributed by atoms with Gasteiger partial charge < -0.3 is 10.2 Å². The molecule has 0 spiro atoms. The molecule has 2 aliphatic heterocycles. The average Bonchev–Trinajstić information content (AvgIpc) is 3.07. The van der Waals surface area contributed by atoms with Gasteiger partial charge in [0.25, 0.3) is 5.91 Å². The minimum atomic E-state index is -4.41. The molecule has 3 amide bonds. The summed E-state index contributed by atoms with van der Waals surface area (Å²) >= 11 is -0.244. The number of anilines is 2. The first-order valence-corrected chi connectivity index (χ1v) is 10.9. The van der Waals surface area contributed by atoms with E-state index in [-0.39, 0.29) is 34.4 Å². The molecule has 4 rings (SSSR count). The highest BCUT2D eigenvalue weighted by molar-refractivity contribution is 8.00. The highest BCUT2D eigenvalue weighted by Crippen LogP contribution is 2.40. The number of halogens is 3. The average molecular weight is 465 g/mol. The molecule has 0 bridgehead atoms. The van der Waals surface area contributed by atoms with Crippen molar-refractivity contribution in [1.82, 2.24) is 9.88 Å². The number of carbonyl (C=O) groups excluding carboxylic acids is 2. The van der Waals surface area contributed by atoms with Crippen LogP contribution in [0.25, 0.3) is 0 Å². The number of amides is 3. The maximum atomic E-state index is 13.3. The standard InChI is InChI=1S/C22H23F3N4O2S/c1-20(2)11-16-13(9-10-26-17(16)27-20)12-28-19(31)29(18(30)21(28,3)4)14-5-7-15(8-6-14)32-22(23,24)25/h5-10H,11-12H2,1-4H3,(H,26,27). The molecule has 2 aromatic rings. The zero-order valence-corrected chi connectivity index (χ0v) is 18.9. The molecule has 0 atom stereocenters. The minimum Gasteiger partial charge on any atom is -0.365 e. The molecule has 2 aliphatic rings. The lowest BCUT2D eigenvalue weighted by Crippen LogP contribution is -2.43. The number of pyridine rings is 1. The first-order valence-electron chi connectivity index (χ1n) is 10.1. The van der Waals surface area contributed by atoms with Gasteiger partial charge in [-0.25, -0.2) is 14.7 Å². The normalized spacial score (nSPS) is 19.3. The second-order valence-corrected chi connectivity index (χ2v) is 10.2. The van der Waals surface area contributed by atoms with Gasteiger partial charge in [0.2, 0.25) is 0 Å². The molecule has 0 radical (unpaired) electrons. The van der Waals surface area contributed by atoms with Crippen LogP contribution in [0.1, 0.15) is 38.8 Å². The lowest BCUT2D eigenvalue weighted by molar-refractivity contribution is -0.123. The number of carbonyl (C=O) groups is 2. The highest BCUT2D eigenvalue weighted by atomic mass is 32.2. The van der Waals surface area contributed by atoms with Crippen LogP contribution in [0, 0.1) is 0 Å². The van der Waals surface area contributed by atoms with E-state index in [4.69, 9.17) is 0 Å². The fraction of sp³-hybridized carbons (Fsp3) is 0.409. The van der Waals surface area contributed by atoms with Crippen LogP contribution >= 0.6 is 11.8 Å². The van der Waals surface area contributed by atoms with Crippen molar-refractivity contribution in [2.24, 2.45) is 0 Å². The largest absolute Gasteiger partial charge is 0.446 e. The molecule has 6 nitrogen and oxygen atoms in total. The number of nitrogens with one attached hydrogen (secondary N) is 1. The Hall–Kier alpha value is -2.75. The number of nitrogens with zero attached hydrogens (tertiary/aromatic N) is 3. The van der Waals surface area contributed by atoms with Crippen molar-refractivity contribution < 1.29 is 22.8 Å². The summed E-state index contributed by atoms with van der Waals surface area (Å²) in [6.45, 7) is 7.69. The van der Waals surface area contributed by atoms with Crippen LogP contribution in [0.15, 0.2) is 41.4 Å². The number of fused-ring (bicyclic) bond motifs is 1. The molecule has 10 heteroatoms. The number of alkyl halides is 3. The van der Waals surface area contributed by atoms with Crippen molar-refractivity contribution in [2.45, 2.75) is 62.1 Å². The van der Waals surface area contributed by atoms with E-state index in [9.17, 15) is 22.8 Å². The number of aromatic nitrogens is 1. The topological polar surface area (TPSA) is 65.5 Å². The van der Waals surface area contributed by atoms with Crippen molar-refractivity contribution in [3.63, 3.8) is 0 Å². The van der Waals surface area contributed by atoms with Crippen LogP contribution in [0.2, 0.25) is 0 Å². The van der Waals surface area contributed by atoms with Gasteiger partial charge in [-0.2, -0.15) is 13.2 Å². The number of hydrogen-bond acceptors (Lipinski definition) is 5. The molecule has 1 aromatic carbocycles. The lowest BCUT2D eigenvalue weighted by atomic mass is 9.96. The summed E-state index contributed by atoms with van der Waals surface area (Å²) in [6, 6.07) is 6.58. The maximum Gasteiger partial charge on any atom is 0.446 e. The number of thioether (sulfide) groups is 1. The van der Waals surface area contributed by atoms with E-state index in [1.807, 2.05) is 6.07 Å². The second kappa shape index (κ2) is 7.40. The maximum absolute atomic E-state index is 13.3. The third kappa shape index (κ3) is 4.03. The first-order chi connectivity index (χ1) is 14.8. The molecule has 1 N–H and O–H groups in total. The third-order valence-electron chi connectivity index (χ3n) is 5.71. The van der Waals surface area contributed by atoms with Gasteiger partial charge >= 0.3 is 11.5 Å². The van der Waals surface area contributed by atoms with Crippen molar-refractivity contribution >= 4 is 35.2 Å². The van der Waals surface area contributed by atoms with Gasteiger partial charge in [-0.15, -0.1) is 0 Å². The fourth-order valence-electron chi connectivity index (χ4n) is 4.09. The van der Waals surface area contributed by atoms with Crippen LogP contribution in [0.4, 0.5) is 29.5 Å². The molecule has 1 saturated heterocycles. The summed E-state index contributed by atoms with van der Waals surface area (Å²) in [4.78, 5) is 33.3. The lowest BCUT2D eigenvalue weighted by Gasteiger charge is -2.28. The number of urea groups is 1.